The lowest BCUT2D eigenvalue weighted by molar-refractivity contribution is -0.136. The molecule has 2 aromatic heterocycles. The summed E-state index contributed by atoms with van der Waals surface area (Å²) in [5.41, 5.74) is 12.5. The van der Waals surface area contributed by atoms with Gasteiger partial charge in [-0.05, 0) is 69.2 Å². The van der Waals surface area contributed by atoms with E-state index in [9.17, 15) is 9.59 Å². The molecule has 8 nitrogen and oxygen atoms in total. The number of amides is 2. The van der Waals surface area contributed by atoms with Crippen molar-refractivity contribution < 1.29 is 9.59 Å². The third kappa shape index (κ3) is 4.52. The second-order valence-electron chi connectivity index (χ2n) is 10.3. The number of aromatic nitrogens is 3. The van der Waals surface area contributed by atoms with Gasteiger partial charge in [0.05, 0.1) is 11.1 Å². The summed E-state index contributed by atoms with van der Waals surface area (Å²) in [6.07, 6.45) is 8.19. The fourth-order valence-electron chi connectivity index (χ4n) is 5.66. The third-order valence-electron chi connectivity index (χ3n) is 7.72. The van der Waals surface area contributed by atoms with Crippen LogP contribution in [0.25, 0.3) is 27.9 Å². The Bertz CT molecular complexity index is 1420. The maximum absolute atomic E-state index is 13.2. The van der Waals surface area contributed by atoms with Gasteiger partial charge in [0.1, 0.15) is 17.8 Å². The molecule has 0 saturated carbocycles. The number of aryl methyl sites for hydroxylation is 1. The molecule has 8 heteroatoms. The first kappa shape index (κ1) is 24.7. The summed E-state index contributed by atoms with van der Waals surface area (Å²) in [7, 11) is 1.98. The monoisotopic (exact) mass is 498 g/mol. The third-order valence-corrected chi connectivity index (χ3v) is 7.72. The molecule has 1 aromatic carbocycles. The minimum Gasteiger partial charge on any atom is -0.383 e. The number of anilines is 2. The van der Waals surface area contributed by atoms with Crippen LogP contribution >= 0.6 is 0 Å². The number of nitrogens with one attached hydrogen (secondary N) is 1. The van der Waals surface area contributed by atoms with Gasteiger partial charge in [0, 0.05) is 42.4 Å². The Morgan fingerprint density at radius 1 is 1.16 bits per heavy atom. The van der Waals surface area contributed by atoms with Gasteiger partial charge in [-0.25, -0.2) is 9.97 Å². The summed E-state index contributed by atoms with van der Waals surface area (Å²) < 4.78 is 2.05. The highest BCUT2D eigenvalue weighted by Crippen LogP contribution is 2.43. The number of likely N-dealkylation sites (tertiary alicyclic amines) is 1. The Morgan fingerprint density at radius 2 is 1.92 bits per heavy atom. The zero-order valence-electron chi connectivity index (χ0n) is 21.8. The number of fused-ring (bicyclic) bond motifs is 1. The molecule has 5 rings (SSSR count). The predicted molar refractivity (Wildman–Crippen MR) is 148 cm³/mol. The first-order valence-corrected chi connectivity index (χ1v) is 12.9. The quantitative estimate of drug-likeness (QED) is 0.486. The summed E-state index contributed by atoms with van der Waals surface area (Å²) in [5.74, 6) is 0.541. The molecule has 1 saturated heterocycles. The van der Waals surface area contributed by atoms with Crippen molar-refractivity contribution in [1.82, 2.24) is 19.4 Å². The van der Waals surface area contributed by atoms with Gasteiger partial charge in [-0.3, -0.25) is 9.59 Å². The van der Waals surface area contributed by atoms with Gasteiger partial charge in [-0.2, -0.15) is 0 Å². The molecule has 3 heterocycles. The second kappa shape index (κ2) is 9.84. The Balaban J connectivity index is 1.52. The highest BCUT2D eigenvalue weighted by molar-refractivity contribution is 6.05. The average Bonchev–Trinajstić information content (AvgIpc) is 3.45. The predicted octanol–water partition coefficient (Wildman–Crippen LogP) is 4.93. The number of nitrogen functional groups attached to an aromatic ring is 1. The van der Waals surface area contributed by atoms with Gasteiger partial charge in [0.2, 0.25) is 5.91 Å². The van der Waals surface area contributed by atoms with E-state index in [2.05, 4.69) is 39.8 Å². The number of rotatable bonds is 5. The molecular weight excluding hydrogens is 464 g/mol. The number of allylic oxidation sites excluding steroid dienone is 2. The molecule has 2 amide bonds. The number of nitrogens with two attached hydrogens (primary N) is 1. The highest BCUT2D eigenvalue weighted by Gasteiger charge is 2.33. The fraction of sp³-hybridized carbons (Fsp3) is 0.379. The normalized spacial score (nSPS) is 19.6. The lowest BCUT2D eigenvalue weighted by atomic mass is 9.84. The SMILES string of the molecule is C=C(C)C(=O)Nc1ccc(-c2c(C3=CC[C@H](C(=O)N4CCC[C@H]4C)CC3)c3c(N)ncnc3n2C)cc1. The number of nitrogens with zero attached hydrogens (tertiary/aromatic N) is 4. The fourth-order valence-corrected chi connectivity index (χ4v) is 5.66. The van der Waals surface area contributed by atoms with Crippen LogP contribution in [-0.4, -0.2) is 43.8 Å². The number of benzene rings is 1. The zero-order chi connectivity index (χ0) is 26.3. The number of hydrogen-bond donors (Lipinski definition) is 2. The van der Waals surface area contributed by atoms with Crippen molar-refractivity contribution in [2.75, 3.05) is 17.6 Å². The Labute approximate surface area is 217 Å². The molecule has 0 spiro atoms. The molecule has 3 aromatic rings. The summed E-state index contributed by atoms with van der Waals surface area (Å²) in [4.78, 5) is 36.1. The molecule has 37 heavy (non-hydrogen) atoms. The minimum atomic E-state index is -0.208. The molecule has 2 atom stereocenters. The maximum Gasteiger partial charge on any atom is 0.250 e. The van der Waals surface area contributed by atoms with Crippen molar-refractivity contribution in [2.24, 2.45) is 13.0 Å². The molecular formula is C29H34N6O2. The van der Waals surface area contributed by atoms with Crippen LogP contribution in [0.15, 0.2) is 48.8 Å². The Kier molecular flexibility index (Phi) is 6.58. The number of hydrogen-bond acceptors (Lipinski definition) is 5. The van der Waals surface area contributed by atoms with Gasteiger partial charge < -0.3 is 20.5 Å². The van der Waals surface area contributed by atoms with Crippen LogP contribution < -0.4 is 11.1 Å². The lowest BCUT2D eigenvalue weighted by Crippen LogP contribution is -2.38. The van der Waals surface area contributed by atoms with E-state index in [0.29, 0.717) is 29.5 Å². The molecule has 1 aliphatic carbocycles. The van der Waals surface area contributed by atoms with E-state index >= 15 is 0 Å². The Morgan fingerprint density at radius 3 is 2.54 bits per heavy atom. The van der Waals surface area contributed by atoms with E-state index in [1.165, 1.54) is 11.9 Å². The number of carbonyl (C=O) groups is 2. The molecule has 3 N–H and O–H groups in total. The molecule has 1 fully saturated rings. The van der Waals surface area contributed by atoms with E-state index in [1.807, 2.05) is 35.9 Å². The van der Waals surface area contributed by atoms with Crippen molar-refractivity contribution in [3.63, 3.8) is 0 Å². The minimum absolute atomic E-state index is 0.0209. The van der Waals surface area contributed by atoms with Crippen LogP contribution in [-0.2, 0) is 16.6 Å². The van der Waals surface area contributed by atoms with E-state index in [0.717, 1.165) is 60.1 Å². The summed E-state index contributed by atoms with van der Waals surface area (Å²) in [6, 6.07) is 8.07. The van der Waals surface area contributed by atoms with Crippen molar-refractivity contribution in [3.05, 3.63) is 54.4 Å². The molecule has 2 aliphatic rings. The first-order valence-electron chi connectivity index (χ1n) is 12.9. The second-order valence-corrected chi connectivity index (χ2v) is 10.3. The van der Waals surface area contributed by atoms with Crippen LogP contribution in [0.3, 0.4) is 0 Å². The zero-order valence-corrected chi connectivity index (χ0v) is 21.8. The summed E-state index contributed by atoms with van der Waals surface area (Å²) in [6.45, 7) is 8.40. The van der Waals surface area contributed by atoms with Crippen LogP contribution in [0.4, 0.5) is 11.5 Å². The van der Waals surface area contributed by atoms with Crippen molar-refractivity contribution in [2.45, 2.75) is 52.0 Å². The van der Waals surface area contributed by atoms with Crippen molar-refractivity contribution in [3.8, 4) is 11.3 Å². The number of carbonyl (C=O) groups excluding carboxylic acids is 2. The smallest absolute Gasteiger partial charge is 0.250 e. The average molecular weight is 499 g/mol. The van der Waals surface area contributed by atoms with Crippen LogP contribution in [0.2, 0.25) is 0 Å². The molecule has 1 aliphatic heterocycles. The van der Waals surface area contributed by atoms with Crippen molar-refractivity contribution >= 4 is 39.9 Å². The van der Waals surface area contributed by atoms with E-state index < -0.39 is 0 Å². The summed E-state index contributed by atoms with van der Waals surface area (Å²) >= 11 is 0. The molecule has 0 radical (unpaired) electrons. The highest BCUT2D eigenvalue weighted by atomic mass is 16.2. The van der Waals surface area contributed by atoms with E-state index in [-0.39, 0.29) is 17.7 Å². The molecule has 0 bridgehead atoms. The Hall–Kier alpha value is -3.94. The summed E-state index contributed by atoms with van der Waals surface area (Å²) in [5, 5.41) is 3.69. The van der Waals surface area contributed by atoms with Crippen LogP contribution in [0.5, 0.6) is 0 Å². The van der Waals surface area contributed by atoms with Gasteiger partial charge >= 0.3 is 0 Å². The van der Waals surface area contributed by atoms with Gasteiger partial charge in [0.25, 0.3) is 5.91 Å². The molecule has 192 valence electrons. The van der Waals surface area contributed by atoms with Gasteiger partial charge in [-0.1, -0.05) is 24.8 Å². The van der Waals surface area contributed by atoms with Crippen LogP contribution in [0.1, 0.15) is 51.5 Å². The first-order chi connectivity index (χ1) is 17.8. The largest absolute Gasteiger partial charge is 0.383 e. The lowest BCUT2D eigenvalue weighted by Gasteiger charge is -2.29. The maximum atomic E-state index is 13.2. The van der Waals surface area contributed by atoms with E-state index in [1.54, 1.807) is 6.92 Å². The van der Waals surface area contributed by atoms with Crippen molar-refractivity contribution in [1.29, 1.82) is 0 Å². The standard InChI is InChI=1S/C29H34N6O2/c1-17(2)28(36)33-22-13-11-20(12-14-22)25-23(24-26(30)31-16-32-27(24)34(25)4)19-7-9-21(10-8-19)29(37)35-15-5-6-18(35)3/h7,11-14,16,18,21H,1,5-6,8-10,15H2,2-4H3,(H,33,36)(H2,30,31,32)/t18-,21+/m1/s1. The topological polar surface area (TPSA) is 106 Å². The van der Waals surface area contributed by atoms with Gasteiger partial charge in [0.15, 0.2) is 0 Å². The van der Waals surface area contributed by atoms with E-state index in [4.69, 9.17) is 5.73 Å². The van der Waals surface area contributed by atoms with Gasteiger partial charge in [-0.15, -0.1) is 0 Å². The molecule has 0 unspecified atom stereocenters. The van der Waals surface area contributed by atoms with Crippen LogP contribution in [0, 0.1) is 5.92 Å².